The predicted octanol–water partition coefficient (Wildman–Crippen LogP) is 1.80. The number of hydrogen-bond acceptors (Lipinski definition) is 4. The minimum absolute atomic E-state index is 0.225. The lowest BCUT2D eigenvalue weighted by atomic mass is 10.1. The summed E-state index contributed by atoms with van der Waals surface area (Å²) in [5, 5.41) is 17.5. The van der Waals surface area contributed by atoms with Gasteiger partial charge >= 0.3 is 5.97 Å². The fourth-order valence-corrected chi connectivity index (χ4v) is 2.22. The summed E-state index contributed by atoms with van der Waals surface area (Å²) in [5.41, 5.74) is 1.65. The number of aromatic carboxylic acids is 1. The summed E-state index contributed by atoms with van der Waals surface area (Å²) in [6.45, 7) is 0.996. The van der Waals surface area contributed by atoms with Gasteiger partial charge in [-0.2, -0.15) is 0 Å². The van der Waals surface area contributed by atoms with E-state index in [9.17, 15) is 9.90 Å². The molecular weight excluding hydrogens is 280 g/mol. The molecule has 0 fully saturated rings. The summed E-state index contributed by atoms with van der Waals surface area (Å²) < 4.78 is 1.63. The minimum Gasteiger partial charge on any atom is -0.478 e. The van der Waals surface area contributed by atoms with Crippen LogP contribution in [0, 0.1) is 0 Å². The maximum absolute atomic E-state index is 11.2. The number of benzene rings is 1. The van der Waals surface area contributed by atoms with Crippen LogP contribution in [0.3, 0.4) is 0 Å². The SMILES string of the molecule is CN(Cc1cn(C)nn1)Cc1c(Cl)cccc1C(=O)O. The van der Waals surface area contributed by atoms with E-state index in [2.05, 4.69) is 10.3 Å². The Morgan fingerprint density at radius 2 is 2.20 bits per heavy atom. The molecule has 0 saturated carbocycles. The number of aryl methyl sites for hydroxylation is 1. The molecule has 1 heterocycles. The fourth-order valence-electron chi connectivity index (χ4n) is 1.99. The van der Waals surface area contributed by atoms with Gasteiger partial charge in [0.1, 0.15) is 0 Å². The lowest BCUT2D eigenvalue weighted by Crippen LogP contribution is -2.19. The van der Waals surface area contributed by atoms with Crippen molar-refractivity contribution in [3.05, 3.63) is 46.2 Å². The molecule has 2 rings (SSSR count). The first-order chi connectivity index (χ1) is 9.47. The molecule has 6 nitrogen and oxygen atoms in total. The number of carboxylic acids is 1. The molecule has 0 amide bonds. The summed E-state index contributed by atoms with van der Waals surface area (Å²) >= 11 is 6.10. The van der Waals surface area contributed by atoms with Crippen LogP contribution in [0.1, 0.15) is 21.6 Å². The molecule has 0 aliphatic rings. The topological polar surface area (TPSA) is 71.2 Å². The monoisotopic (exact) mass is 294 g/mol. The Kier molecular flexibility index (Phi) is 4.36. The van der Waals surface area contributed by atoms with E-state index in [1.54, 1.807) is 29.9 Å². The third kappa shape index (κ3) is 3.34. The molecule has 106 valence electrons. The third-order valence-electron chi connectivity index (χ3n) is 2.86. The van der Waals surface area contributed by atoms with Gasteiger partial charge in [-0.3, -0.25) is 9.58 Å². The molecule has 1 N–H and O–H groups in total. The van der Waals surface area contributed by atoms with Crippen molar-refractivity contribution in [2.75, 3.05) is 7.05 Å². The highest BCUT2D eigenvalue weighted by Gasteiger charge is 2.15. The van der Waals surface area contributed by atoms with Gasteiger partial charge in [-0.25, -0.2) is 4.79 Å². The smallest absolute Gasteiger partial charge is 0.336 e. The summed E-state index contributed by atoms with van der Waals surface area (Å²) in [6.07, 6.45) is 1.82. The van der Waals surface area contributed by atoms with Crippen molar-refractivity contribution >= 4 is 17.6 Å². The van der Waals surface area contributed by atoms with E-state index in [4.69, 9.17) is 11.6 Å². The summed E-state index contributed by atoms with van der Waals surface area (Å²) in [7, 11) is 3.68. The van der Waals surface area contributed by atoms with Gasteiger partial charge in [0.05, 0.1) is 11.3 Å². The molecule has 0 bridgehead atoms. The number of carboxylic acid groups (broad SMARTS) is 1. The van der Waals surface area contributed by atoms with Crippen LogP contribution in [0.5, 0.6) is 0 Å². The van der Waals surface area contributed by atoms with Crippen molar-refractivity contribution in [1.29, 1.82) is 0 Å². The number of nitrogens with zero attached hydrogens (tertiary/aromatic N) is 4. The highest BCUT2D eigenvalue weighted by atomic mass is 35.5. The molecule has 20 heavy (non-hydrogen) atoms. The van der Waals surface area contributed by atoms with Crippen molar-refractivity contribution in [3.63, 3.8) is 0 Å². The average molecular weight is 295 g/mol. The zero-order chi connectivity index (χ0) is 14.7. The summed E-state index contributed by atoms with van der Waals surface area (Å²) in [6, 6.07) is 4.89. The zero-order valence-electron chi connectivity index (χ0n) is 11.2. The summed E-state index contributed by atoms with van der Waals surface area (Å²) in [4.78, 5) is 13.2. The van der Waals surface area contributed by atoms with E-state index in [0.29, 0.717) is 23.7 Å². The number of carbonyl (C=O) groups is 1. The van der Waals surface area contributed by atoms with Gasteiger partial charge in [-0.15, -0.1) is 5.10 Å². The van der Waals surface area contributed by atoms with Gasteiger partial charge in [0.25, 0.3) is 0 Å². The number of hydrogen-bond donors (Lipinski definition) is 1. The molecule has 0 unspecified atom stereocenters. The molecule has 1 aromatic carbocycles. The number of halogens is 1. The van der Waals surface area contributed by atoms with Crippen LogP contribution in [-0.2, 0) is 20.1 Å². The molecule has 7 heteroatoms. The van der Waals surface area contributed by atoms with Crippen molar-refractivity contribution < 1.29 is 9.90 Å². The Bertz CT molecular complexity index is 627. The van der Waals surface area contributed by atoms with E-state index in [-0.39, 0.29) is 5.56 Å². The van der Waals surface area contributed by atoms with E-state index in [1.165, 1.54) is 0 Å². The van der Waals surface area contributed by atoms with E-state index in [1.807, 2.05) is 18.1 Å². The van der Waals surface area contributed by atoms with Crippen LogP contribution in [-0.4, -0.2) is 38.0 Å². The zero-order valence-corrected chi connectivity index (χ0v) is 12.0. The first kappa shape index (κ1) is 14.5. The second kappa shape index (κ2) is 6.02. The minimum atomic E-state index is -0.976. The average Bonchev–Trinajstić information content (AvgIpc) is 2.77. The van der Waals surface area contributed by atoms with Gasteiger partial charge in [0.2, 0.25) is 0 Å². The van der Waals surface area contributed by atoms with E-state index >= 15 is 0 Å². The molecule has 0 spiro atoms. The van der Waals surface area contributed by atoms with Gasteiger partial charge < -0.3 is 5.11 Å². The Morgan fingerprint density at radius 1 is 1.45 bits per heavy atom. The van der Waals surface area contributed by atoms with E-state index in [0.717, 1.165) is 5.69 Å². The first-order valence-corrected chi connectivity index (χ1v) is 6.39. The van der Waals surface area contributed by atoms with Gasteiger partial charge in [-0.05, 0) is 24.7 Å². The third-order valence-corrected chi connectivity index (χ3v) is 3.21. The molecule has 0 radical (unpaired) electrons. The lowest BCUT2D eigenvalue weighted by Gasteiger charge is -2.17. The van der Waals surface area contributed by atoms with Gasteiger partial charge in [0.15, 0.2) is 0 Å². The number of rotatable bonds is 5. The van der Waals surface area contributed by atoms with Crippen molar-refractivity contribution in [1.82, 2.24) is 19.9 Å². The van der Waals surface area contributed by atoms with Crippen LogP contribution in [0.4, 0.5) is 0 Å². The van der Waals surface area contributed by atoms with Crippen LogP contribution >= 0.6 is 11.6 Å². The summed E-state index contributed by atoms with van der Waals surface area (Å²) in [5.74, 6) is -0.976. The maximum Gasteiger partial charge on any atom is 0.336 e. The second-order valence-corrected chi connectivity index (χ2v) is 5.03. The Morgan fingerprint density at radius 3 is 2.80 bits per heavy atom. The van der Waals surface area contributed by atoms with Crippen LogP contribution < -0.4 is 0 Å². The second-order valence-electron chi connectivity index (χ2n) is 4.63. The molecule has 0 atom stereocenters. The largest absolute Gasteiger partial charge is 0.478 e. The predicted molar refractivity (Wildman–Crippen MR) is 74.6 cm³/mol. The molecule has 2 aromatic rings. The van der Waals surface area contributed by atoms with Crippen molar-refractivity contribution in [2.45, 2.75) is 13.1 Å². The first-order valence-electron chi connectivity index (χ1n) is 6.02. The molecule has 0 aliphatic heterocycles. The van der Waals surface area contributed by atoms with Crippen LogP contribution in [0.25, 0.3) is 0 Å². The molecular formula is C13H15ClN4O2. The van der Waals surface area contributed by atoms with E-state index < -0.39 is 5.97 Å². The van der Waals surface area contributed by atoms with Gasteiger partial charge in [0, 0.05) is 31.4 Å². The molecule has 0 aliphatic carbocycles. The highest BCUT2D eigenvalue weighted by Crippen LogP contribution is 2.22. The molecule has 0 saturated heterocycles. The Balaban J connectivity index is 2.15. The quantitative estimate of drug-likeness (QED) is 0.910. The van der Waals surface area contributed by atoms with Crippen molar-refractivity contribution in [3.8, 4) is 0 Å². The standard InChI is InChI=1S/C13H15ClN4O2/c1-17(6-9-7-18(2)16-15-9)8-11-10(13(19)20)4-3-5-12(11)14/h3-5,7H,6,8H2,1-2H3,(H,19,20). The fraction of sp³-hybridized carbons (Fsp3) is 0.308. The Hall–Kier alpha value is -1.92. The van der Waals surface area contributed by atoms with Crippen LogP contribution in [0.15, 0.2) is 24.4 Å². The molecule has 1 aromatic heterocycles. The maximum atomic E-state index is 11.2. The lowest BCUT2D eigenvalue weighted by molar-refractivity contribution is 0.0694. The number of aromatic nitrogens is 3. The Labute approximate surface area is 121 Å². The van der Waals surface area contributed by atoms with Crippen molar-refractivity contribution in [2.24, 2.45) is 7.05 Å². The van der Waals surface area contributed by atoms with Gasteiger partial charge in [-0.1, -0.05) is 22.9 Å². The highest BCUT2D eigenvalue weighted by molar-refractivity contribution is 6.31. The normalized spacial score (nSPS) is 11.0. The van der Waals surface area contributed by atoms with Crippen LogP contribution in [0.2, 0.25) is 5.02 Å².